The Morgan fingerprint density at radius 2 is 1.90 bits per heavy atom. The van der Waals surface area contributed by atoms with E-state index < -0.39 is 0 Å². The van der Waals surface area contributed by atoms with E-state index in [-0.39, 0.29) is 0 Å². The number of pyridine rings is 2. The van der Waals surface area contributed by atoms with Gasteiger partial charge in [0.25, 0.3) is 0 Å². The highest BCUT2D eigenvalue weighted by atomic mass is 15.0. The Bertz CT molecular complexity index is 750. The highest BCUT2D eigenvalue weighted by molar-refractivity contribution is 5.81. The van der Waals surface area contributed by atoms with Crippen molar-refractivity contribution in [3.8, 4) is 0 Å². The van der Waals surface area contributed by atoms with Gasteiger partial charge in [-0.05, 0) is 48.7 Å². The molecule has 3 nitrogen and oxygen atoms in total. The lowest BCUT2D eigenvalue weighted by atomic mass is 10.1. The number of benzene rings is 1. The van der Waals surface area contributed by atoms with E-state index in [1.165, 1.54) is 16.5 Å². The van der Waals surface area contributed by atoms with Gasteiger partial charge in [-0.3, -0.25) is 4.98 Å². The van der Waals surface area contributed by atoms with Gasteiger partial charge in [-0.15, -0.1) is 0 Å². The summed E-state index contributed by atoms with van der Waals surface area (Å²) in [6.07, 6.45) is 3.72. The summed E-state index contributed by atoms with van der Waals surface area (Å²) in [5.74, 6) is 0.937. The molecule has 0 aliphatic heterocycles. The number of hydrogen-bond donors (Lipinski definition) is 1. The third-order valence-corrected chi connectivity index (χ3v) is 3.51. The van der Waals surface area contributed by atoms with Crippen LogP contribution < -0.4 is 5.32 Å². The average molecular weight is 263 g/mol. The zero-order valence-electron chi connectivity index (χ0n) is 11.7. The van der Waals surface area contributed by atoms with E-state index in [1.54, 1.807) is 0 Å². The molecule has 0 unspecified atom stereocenters. The van der Waals surface area contributed by atoms with Crippen molar-refractivity contribution in [1.82, 2.24) is 9.97 Å². The first-order chi connectivity index (χ1) is 9.74. The molecule has 0 bridgehead atoms. The number of nitrogens with zero attached hydrogens (tertiary/aromatic N) is 2. The summed E-state index contributed by atoms with van der Waals surface area (Å²) < 4.78 is 0. The molecule has 0 saturated heterocycles. The van der Waals surface area contributed by atoms with Crippen LogP contribution in [-0.2, 0) is 6.54 Å². The highest BCUT2D eigenvalue weighted by Crippen LogP contribution is 2.20. The fourth-order valence-corrected chi connectivity index (χ4v) is 2.26. The van der Waals surface area contributed by atoms with Crippen LogP contribution >= 0.6 is 0 Å². The SMILES string of the molecule is Cc1ccncc1CNc1nc2ccccc2cc1C. The van der Waals surface area contributed by atoms with E-state index in [1.807, 2.05) is 36.7 Å². The predicted octanol–water partition coefficient (Wildman–Crippen LogP) is 3.86. The minimum Gasteiger partial charge on any atom is -0.366 e. The normalized spacial score (nSPS) is 10.7. The predicted molar refractivity (Wildman–Crippen MR) is 82.8 cm³/mol. The van der Waals surface area contributed by atoms with Gasteiger partial charge in [0.2, 0.25) is 0 Å². The largest absolute Gasteiger partial charge is 0.366 e. The monoisotopic (exact) mass is 263 g/mol. The van der Waals surface area contributed by atoms with Gasteiger partial charge in [0.1, 0.15) is 5.82 Å². The number of aromatic nitrogens is 2. The lowest BCUT2D eigenvalue weighted by Crippen LogP contribution is -2.05. The summed E-state index contributed by atoms with van der Waals surface area (Å²) >= 11 is 0. The maximum absolute atomic E-state index is 4.69. The van der Waals surface area contributed by atoms with E-state index in [2.05, 4.69) is 41.3 Å². The van der Waals surface area contributed by atoms with Crippen LogP contribution in [0.15, 0.2) is 48.8 Å². The summed E-state index contributed by atoms with van der Waals surface area (Å²) in [5.41, 5.74) is 4.61. The summed E-state index contributed by atoms with van der Waals surface area (Å²) in [5, 5.41) is 4.59. The quantitative estimate of drug-likeness (QED) is 0.779. The lowest BCUT2D eigenvalue weighted by Gasteiger charge is -2.11. The second kappa shape index (κ2) is 5.29. The van der Waals surface area contributed by atoms with Gasteiger partial charge in [0, 0.05) is 24.3 Å². The third-order valence-electron chi connectivity index (χ3n) is 3.51. The van der Waals surface area contributed by atoms with Crippen LogP contribution in [0.2, 0.25) is 0 Å². The summed E-state index contributed by atoms with van der Waals surface area (Å²) in [6.45, 7) is 4.92. The molecule has 20 heavy (non-hydrogen) atoms. The third kappa shape index (κ3) is 2.48. The van der Waals surface area contributed by atoms with Gasteiger partial charge >= 0.3 is 0 Å². The minimum absolute atomic E-state index is 0.742. The standard InChI is InChI=1S/C17H17N3/c1-12-7-8-18-10-15(12)11-19-17-13(2)9-14-5-3-4-6-16(14)20-17/h3-10H,11H2,1-2H3,(H,19,20). The van der Waals surface area contributed by atoms with Gasteiger partial charge in [0.05, 0.1) is 5.52 Å². The summed E-state index contributed by atoms with van der Waals surface area (Å²) in [6, 6.07) is 12.4. The Morgan fingerprint density at radius 1 is 1.05 bits per heavy atom. The smallest absolute Gasteiger partial charge is 0.129 e. The highest BCUT2D eigenvalue weighted by Gasteiger charge is 2.04. The van der Waals surface area contributed by atoms with Crippen LogP contribution in [0.1, 0.15) is 16.7 Å². The first-order valence-corrected chi connectivity index (χ1v) is 6.74. The van der Waals surface area contributed by atoms with E-state index in [0.29, 0.717) is 0 Å². The Labute approximate surface area is 118 Å². The molecule has 2 heterocycles. The first kappa shape index (κ1) is 12.6. The van der Waals surface area contributed by atoms with Crippen LogP contribution in [0, 0.1) is 13.8 Å². The number of anilines is 1. The van der Waals surface area contributed by atoms with Crippen LogP contribution in [0.25, 0.3) is 10.9 Å². The second-order valence-corrected chi connectivity index (χ2v) is 5.00. The van der Waals surface area contributed by atoms with Crippen molar-refractivity contribution in [1.29, 1.82) is 0 Å². The molecule has 0 aliphatic carbocycles. The van der Waals surface area contributed by atoms with Gasteiger partial charge in [-0.1, -0.05) is 18.2 Å². The molecule has 0 saturated carbocycles. The lowest BCUT2D eigenvalue weighted by molar-refractivity contribution is 1.06. The molecule has 3 heteroatoms. The number of para-hydroxylation sites is 1. The summed E-state index contributed by atoms with van der Waals surface area (Å²) in [4.78, 5) is 8.86. The van der Waals surface area contributed by atoms with E-state index in [0.717, 1.165) is 23.4 Å². The molecular weight excluding hydrogens is 246 g/mol. The maximum Gasteiger partial charge on any atom is 0.129 e. The molecule has 0 aliphatic rings. The molecule has 3 aromatic rings. The molecule has 0 radical (unpaired) electrons. The fourth-order valence-electron chi connectivity index (χ4n) is 2.26. The van der Waals surface area contributed by atoms with Gasteiger partial charge in [-0.2, -0.15) is 0 Å². The number of fused-ring (bicyclic) bond motifs is 1. The molecule has 0 fully saturated rings. The van der Waals surface area contributed by atoms with Crippen molar-refractivity contribution in [3.63, 3.8) is 0 Å². The molecule has 2 aromatic heterocycles. The van der Waals surface area contributed by atoms with Crippen molar-refractivity contribution >= 4 is 16.7 Å². The Kier molecular flexibility index (Phi) is 3.33. The van der Waals surface area contributed by atoms with Crippen LogP contribution in [0.4, 0.5) is 5.82 Å². The summed E-state index contributed by atoms with van der Waals surface area (Å²) in [7, 11) is 0. The molecular formula is C17H17N3. The average Bonchev–Trinajstić information content (AvgIpc) is 2.46. The number of nitrogens with one attached hydrogen (secondary N) is 1. The number of aryl methyl sites for hydroxylation is 2. The van der Waals surface area contributed by atoms with Crippen molar-refractivity contribution < 1.29 is 0 Å². The Balaban J connectivity index is 1.87. The molecule has 1 N–H and O–H groups in total. The zero-order chi connectivity index (χ0) is 13.9. The maximum atomic E-state index is 4.69. The molecule has 1 aromatic carbocycles. The van der Waals surface area contributed by atoms with Crippen molar-refractivity contribution in [3.05, 3.63) is 65.5 Å². The van der Waals surface area contributed by atoms with E-state index >= 15 is 0 Å². The van der Waals surface area contributed by atoms with Crippen LogP contribution in [0.3, 0.4) is 0 Å². The molecule has 3 rings (SSSR count). The van der Waals surface area contributed by atoms with E-state index in [9.17, 15) is 0 Å². The second-order valence-electron chi connectivity index (χ2n) is 5.00. The van der Waals surface area contributed by atoms with Gasteiger partial charge in [0.15, 0.2) is 0 Å². The van der Waals surface area contributed by atoms with Gasteiger partial charge < -0.3 is 5.32 Å². The zero-order valence-corrected chi connectivity index (χ0v) is 11.7. The molecule has 0 amide bonds. The Morgan fingerprint density at radius 3 is 2.75 bits per heavy atom. The van der Waals surface area contributed by atoms with E-state index in [4.69, 9.17) is 0 Å². The minimum atomic E-state index is 0.742. The van der Waals surface area contributed by atoms with Crippen LogP contribution in [0.5, 0.6) is 0 Å². The Hall–Kier alpha value is -2.42. The fraction of sp³-hybridized carbons (Fsp3) is 0.176. The first-order valence-electron chi connectivity index (χ1n) is 6.74. The van der Waals surface area contributed by atoms with Crippen molar-refractivity contribution in [2.45, 2.75) is 20.4 Å². The topological polar surface area (TPSA) is 37.8 Å². The number of rotatable bonds is 3. The molecule has 0 spiro atoms. The van der Waals surface area contributed by atoms with Crippen molar-refractivity contribution in [2.75, 3.05) is 5.32 Å². The molecule has 0 atom stereocenters. The number of hydrogen-bond acceptors (Lipinski definition) is 3. The molecule has 100 valence electrons. The van der Waals surface area contributed by atoms with Crippen LogP contribution in [-0.4, -0.2) is 9.97 Å². The van der Waals surface area contributed by atoms with Crippen molar-refractivity contribution in [2.24, 2.45) is 0 Å². The van der Waals surface area contributed by atoms with Gasteiger partial charge in [-0.25, -0.2) is 4.98 Å².